The molecule has 2 atom stereocenters. The maximum atomic E-state index is 11.8. The number of carbonyl (C=O) groups is 1. The van der Waals surface area contributed by atoms with E-state index in [4.69, 9.17) is 0 Å². The van der Waals surface area contributed by atoms with E-state index in [2.05, 4.69) is 5.32 Å². The minimum absolute atomic E-state index is 0.0778. The first-order chi connectivity index (χ1) is 9.19. The highest BCUT2D eigenvalue weighted by Crippen LogP contribution is 2.24. The molecule has 2 rings (SSSR count). The number of amides is 1. The van der Waals surface area contributed by atoms with Crippen LogP contribution in [0.3, 0.4) is 0 Å². The lowest BCUT2D eigenvalue weighted by molar-refractivity contribution is -0.117. The highest BCUT2D eigenvalue weighted by Gasteiger charge is 2.27. The van der Waals surface area contributed by atoms with Crippen molar-refractivity contribution in [3.8, 4) is 0 Å². The van der Waals surface area contributed by atoms with Crippen LogP contribution in [0.5, 0.6) is 0 Å². The van der Waals surface area contributed by atoms with E-state index in [1.54, 1.807) is 6.08 Å². The van der Waals surface area contributed by atoms with Crippen LogP contribution in [0.4, 0.5) is 0 Å². The third kappa shape index (κ3) is 3.93. The van der Waals surface area contributed by atoms with Gasteiger partial charge in [0.15, 0.2) is 0 Å². The molecule has 0 heterocycles. The molecule has 3 heteroatoms. The van der Waals surface area contributed by atoms with Gasteiger partial charge in [-0.05, 0) is 31.4 Å². The molecular formula is C16H21NO2. The average molecular weight is 259 g/mol. The Balaban J connectivity index is 1.88. The summed E-state index contributed by atoms with van der Waals surface area (Å²) in [7, 11) is 0. The van der Waals surface area contributed by atoms with Crippen LogP contribution >= 0.6 is 0 Å². The van der Waals surface area contributed by atoms with Crippen LogP contribution in [0, 0.1) is 12.8 Å². The summed E-state index contributed by atoms with van der Waals surface area (Å²) in [6, 6.07) is 8.16. The van der Waals surface area contributed by atoms with Gasteiger partial charge in [-0.1, -0.05) is 36.2 Å². The normalized spacial score (nSPS) is 22.8. The molecule has 0 radical (unpaired) electrons. The van der Waals surface area contributed by atoms with E-state index in [1.165, 1.54) is 5.56 Å². The zero-order valence-corrected chi connectivity index (χ0v) is 11.3. The number of benzene rings is 1. The van der Waals surface area contributed by atoms with Crippen LogP contribution in [-0.2, 0) is 4.79 Å². The highest BCUT2D eigenvalue weighted by atomic mass is 16.3. The standard InChI is InChI=1S/C16H21NO2/c1-12-5-7-13(8-6-12)9-10-16(19)17-15-4-2-3-14(15)11-18/h5-10,14-15,18H,2-4,11H2,1H3,(H,17,19)/b10-9+. The molecule has 102 valence electrons. The number of carbonyl (C=O) groups excluding carboxylic acids is 1. The molecule has 0 aliphatic heterocycles. The van der Waals surface area contributed by atoms with Gasteiger partial charge in [-0.2, -0.15) is 0 Å². The smallest absolute Gasteiger partial charge is 0.244 e. The maximum absolute atomic E-state index is 11.8. The van der Waals surface area contributed by atoms with Crippen molar-refractivity contribution in [3.05, 3.63) is 41.5 Å². The predicted octanol–water partition coefficient (Wildman–Crippen LogP) is 2.29. The lowest BCUT2D eigenvalue weighted by Crippen LogP contribution is -2.37. The van der Waals surface area contributed by atoms with Crippen molar-refractivity contribution in [2.24, 2.45) is 5.92 Å². The summed E-state index contributed by atoms with van der Waals surface area (Å²) in [5.74, 6) is 0.141. The quantitative estimate of drug-likeness (QED) is 0.815. The van der Waals surface area contributed by atoms with Crippen LogP contribution in [0.15, 0.2) is 30.3 Å². The molecule has 2 N–H and O–H groups in total. The summed E-state index contributed by atoms with van der Waals surface area (Å²) in [5.41, 5.74) is 2.23. The molecule has 19 heavy (non-hydrogen) atoms. The first kappa shape index (κ1) is 13.8. The Morgan fingerprint density at radius 3 is 2.79 bits per heavy atom. The van der Waals surface area contributed by atoms with Gasteiger partial charge in [-0.15, -0.1) is 0 Å². The van der Waals surface area contributed by atoms with Gasteiger partial charge in [0.1, 0.15) is 0 Å². The van der Waals surface area contributed by atoms with Gasteiger partial charge in [-0.3, -0.25) is 4.79 Å². The molecule has 3 nitrogen and oxygen atoms in total. The lowest BCUT2D eigenvalue weighted by atomic mass is 10.1. The Hall–Kier alpha value is -1.61. The Labute approximate surface area is 114 Å². The van der Waals surface area contributed by atoms with Gasteiger partial charge in [0.05, 0.1) is 0 Å². The molecule has 1 aromatic rings. The SMILES string of the molecule is Cc1ccc(/C=C/C(=O)NC2CCCC2CO)cc1. The third-order valence-electron chi connectivity index (χ3n) is 3.73. The van der Waals surface area contributed by atoms with Crippen molar-refractivity contribution in [1.29, 1.82) is 0 Å². The summed E-state index contributed by atoms with van der Waals surface area (Å²) < 4.78 is 0. The van der Waals surface area contributed by atoms with Crippen molar-refractivity contribution in [2.75, 3.05) is 6.61 Å². The van der Waals surface area contributed by atoms with E-state index in [0.29, 0.717) is 0 Å². The zero-order chi connectivity index (χ0) is 13.7. The molecule has 1 aromatic carbocycles. The number of nitrogens with one attached hydrogen (secondary N) is 1. The molecule has 0 aromatic heterocycles. The van der Waals surface area contributed by atoms with E-state index >= 15 is 0 Å². The fraction of sp³-hybridized carbons (Fsp3) is 0.438. The van der Waals surface area contributed by atoms with Gasteiger partial charge < -0.3 is 10.4 Å². The van der Waals surface area contributed by atoms with Crippen LogP contribution < -0.4 is 5.32 Å². The Morgan fingerprint density at radius 1 is 1.37 bits per heavy atom. The number of hydrogen-bond acceptors (Lipinski definition) is 2. The molecule has 0 bridgehead atoms. The van der Waals surface area contributed by atoms with Crippen molar-refractivity contribution < 1.29 is 9.90 Å². The fourth-order valence-corrected chi connectivity index (χ4v) is 2.53. The molecule has 1 fully saturated rings. The van der Waals surface area contributed by atoms with E-state index in [9.17, 15) is 9.90 Å². The van der Waals surface area contributed by atoms with Crippen LogP contribution in [0.25, 0.3) is 6.08 Å². The molecule has 0 spiro atoms. The first-order valence-electron chi connectivity index (χ1n) is 6.85. The van der Waals surface area contributed by atoms with E-state index in [1.807, 2.05) is 37.3 Å². The maximum Gasteiger partial charge on any atom is 0.244 e. The topological polar surface area (TPSA) is 49.3 Å². The minimum atomic E-state index is -0.0778. The number of hydrogen-bond donors (Lipinski definition) is 2. The summed E-state index contributed by atoms with van der Waals surface area (Å²) in [6.07, 6.45) is 6.44. The van der Waals surface area contributed by atoms with E-state index < -0.39 is 0 Å². The number of aliphatic hydroxyl groups excluding tert-OH is 1. The average Bonchev–Trinajstić information content (AvgIpc) is 2.85. The summed E-state index contributed by atoms with van der Waals surface area (Å²) in [4.78, 5) is 11.8. The third-order valence-corrected chi connectivity index (χ3v) is 3.73. The molecule has 2 unspecified atom stereocenters. The number of rotatable bonds is 4. The van der Waals surface area contributed by atoms with E-state index in [0.717, 1.165) is 24.8 Å². The molecule has 1 amide bonds. The van der Waals surface area contributed by atoms with E-state index in [-0.39, 0.29) is 24.5 Å². The number of aryl methyl sites for hydroxylation is 1. The molecular weight excluding hydrogens is 238 g/mol. The van der Waals surface area contributed by atoms with Crippen LogP contribution in [0.1, 0.15) is 30.4 Å². The second-order valence-electron chi connectivity index (χ2n) is 5.23. The van der Waals surface area contributed by atoms with Gasteiger partial charge in [0.25, 0.3) is 0 Å². The minimum Gasteiger partial charge on any atom is -0.396 e. The largest absolute Gasteiger partial charge is 0.396 e. The lowest BCUT2D eigenvalue weighted by Gasteiger charge is -2.17. The van der Waals surface area contributed by atoms with Crippen LogP contribution in [-0.4, -0.2) is 23.7 Å². The second kappa shape index (κ2) is 6.53. The van der Waals surface area contributed by atoms with Gasteiger partial charge in [0, 0.05) is 24.6 Å². The van der Waals surface area contributed by atoms with Crippen molar-refractivity contribution >= 4 is 12.0 Å². The van der Waals surface area contributed by atoms with Gasteiger partial charge in [-0.25, -0.2) is 0 Å². The Kier molecular flexibility index (Phi) is 4.74. The highest BCUT2D eigenvalue weighted by molar-refractivity contribution is 5.91. The summed E-state index contributed by atoms with van der Waals surface area (Å²) in [5, 5.41) is 12.2. The summed E-state index contributed by atoms with van der Waals surface area (Å²) in [6.45, 7) is 2.20. The fourth-order valence-electron chi connectivity index (χ4n) is 2.53. The van der Waals surface area contributed by atoms with Crippen molar-refractivity contribution in [3.63, 3.8) is 0 Å². The Bertz CT molecular complexity index is 450. The molecule has 1 aliphatic rings. The monoisotopic (exact) mass is 259 g/mol. The predicted molar refractivity (Wildman–Crippen MR) is 76.6 cm³/mol. The molecule has 1 saturated carbocycles. The summed E-state index contributed by atoms with van der Waals surface area (Å²) >= 11 is 0. The van der Waals surface area contributed by atoms with Gasteiger partial charge >= 0.3 is 0 Å². The Morgan fingerprint density at radius 2 is 2.11 bits per heavy atom. The number of aliphatic hydroxyl groups is 1. The van der Waals surface area contributed by atoms with Crippen LogP contribution in [0.2, 0.25) is 0 Å². The zero-order valence-electron chi connectivity index (χ0n) is 11.3. The second-order valence-corrected chi connectivity index (χ2v) is 5.23. The van der Waals surface area contributed by atoms with Crippen molar-refractivity contribution in [2.45, 2.75) is 32.2 Å². The first-order valence-corrected chi connectivity index (χ1v) is 6.85. The molecule has 0 saturated heterocycles. The van der Waals surface area contributed by atoms with Gasteiger partial charge in [0.2, 0.25) is 5.91 Å². The molecule has 1 aliphatic carbocycles. The van der Waals surface area contributed by atoms with Crippen molar-refractivity contribution in [1.82, 2.24) is 5.32 Å².